The summed E-state index contributed by atoms with van der Waals surface area (Å²) in [6.07, 6.45) is 3.58. The number of piperidine rings is 1. The smallest absolute Gasteiger partial charge is 0.276 e. The maximum absolute atomic E-state index is 12.2. The van der Waals surface area contributed by atoms with E-state index in [1.807, 2.05) is 6.07 Å². The van der Waals surface area contributed by atoms with Crippen LogP contribution in [0.5, 0.6) is 0 Å². The maximum atomic E-state index is 12.2. The third-order valence-corrected chi connectivity index (χ3v) is 4.30. The molecule has 0 radical (unpaired) electrons. The standard InChI is InChI=1S/C16H16Cl2N4O/c17-11-4-5-12(18)14(10-11)19-16(23)13-6-7-15(21-20-13)22-8-2-1-3-9-22/h4-7,10H,1-3,8-9H2,(H,19,23). The van der Waals surface area contributed by atoms with Gasteiger partial charge >= 0.3 is 0 Å². The van der Waals surface area contributed by atoms with Gasteiger partial charge < -0.3 is 10.2 Å². The first-order valence-corrected chi connectivity index (χ1v) is 8.24. The average Bonchev–Trinajstić information content (AvgIpc) is 2.59. The number of anilines is 2. The van der Waals surface area contributed by atoms with Gasteiger partial charge in [0.2, 0.25) is 0 Å². The van der Waals surface area contributed by atoms with E-state index in [0.29, 0.717) is 15.7 Å². The summed E-state index contributed by atoms with van der Waals surface area (Å²) in [5, 5.41) is 11.8. The average molecular weight is 351 g/mol. The Labute approximate surface area is 144 Å². The zero-order valence-electron chi connectivity index (χ0n) is 12.4. The molecule has 1 aromatic heterocycles. The molecule has 2 heterocycles. The number of rotatable bonds is 3. The van der Waals surface area contributed by atoms with Gasteiger partial charge in [-0.1, -0.05) is 23.2 Å². The van der Waals surface area contributed by atoms with Crippen LogP contribution in [-0.2, 0) is 0 Å². The summed E-state index contributed by atoms with van der Waals surface area (Å²) < 4.78 is 0. The van der Waals surface area contributed by atoms with E-state index in [-0.39, 0.29) is 11.6 Å². The number of aromatic nitrogens is 2. The summed E-state index contributed by atoms with van der Waals surface area (Å²) in [6.45, 7) is 1.97. The SMILES string of the molecule is O=C(Nc1cc(Cl)ccc1Cl)c1ccc(N2CCCCC2)nn1. The van der Waals surface area contributed by atoms with Crippen LogP contribution >= 0.6 is 23.2 Å². The zero-order chi connectivity index (χ0) is 16.2. The van der Waals surface area contributed by atoms with Crippen molar-refractivity contribution in [3.63, 3.8) is 0 Å². The van der Waals surface area contributed by atoms with Crippen molar-refractivity contribution >= 4 is 40.6 Å². The van der Waals surface area contributed by atoms with E-state index in [4.69, 9.17) is 23.2 Å². The van der Waals surface area contributed by atoms with Crippen molar-refractivity contribution in [3.05, 3.63) is 46.1 Å². The first kappa shape index (κ1) is 16.0. The van der Waals surface area contributed by atoms with Gasteiger partial charge in [-0.25, -0.2) is 0 Å². The molecule has 23 heavy (non-hydrogen) atoms. The lowest BCUT2D eigenvalue weighted by molar-refractivity contribution is 0.102. The van der Waals surface area contributed by atoms with E-state index < -0.39 is 0 Å². The predicted octanol–water partition coefficient (Wildman–Crippen LogP) is 4.03. The van der Waals surface area contributed by atoms with E-state index in [9.17, 15) is 4.79 Å². The van der Waals surface area contributed by atoms with Crippen molar-refractivity contribution in [2.45, 2.75) is 19.3 Å². The Morgan fingerprint density at radius 1 is 1.04 bits per heavy atom. The third-order valence-electron chi connectivity index (χ3n) is 3.74. The summed E-state index contributed by atoms with van der Waals surface area (Å²) in [6, 6.07) is 8.38. The number of carbonyl (C=O) groups excluding carboxylic acids is 1. The number of amides is 1. The minimum atomic E-state index is -0.369. The monoisotopic (exact) mass is 350 g/mol. The van der Waals surface area contributed by atoms with Crippen LogP contribution in [0, 0.1) is 0 Å². The molecule has 0 aliphatic carbocycles. The first-order chi connectivity index (χ1) is 11.1. The molecule has 0 spiro atoms. The minimum Gasteiger partial charge on any atom is -0.355 e. The van der Waals surface area contributed by atoms with E-state index in [0.717, 1.165) is 31.7 Å². The van der Waals surface area contributed by atoms with Crippen LogP contribution in [0.4, 0.5) is 11.5 Å². The first-order valence-electron chi connectivity index (χ1n) is 7.48. The fraction of sp³-hybridized carbons (Fsp3) is 0.312. The molecule has 5 nitrogen and oxygen atoms in total. The summed E-state index contributed by atoms with van der Waals surface area (Å²) in [4.78, 5) is 14.4. The molecule has 0 unspecified atom stereocenters. The molecule has 1 amide bonds. The van der Waals surface area contributed by atoms with Crippen molar-refractivity contribution < 1.29 is 4.79 Å². The number of carbonyl (C=O) groups is 1. The highest BCUT2D eigenvalue weighted by atomic mass is 35.5. The molecule has 0 saturated carbocycles. The molecular formula is C16H16Cl2N4O. The molecule has 0 bridgehead atoms. The fourth-order valence-electron chi connectivity index (χ4n) is 2.52. The minimum absolute atomic E-state index is 0.238. The Balaban J connectivity index is 1.71. The highest BCUT2D eigenvalue weighted by Gasteiger charge is 2.15. The molecule has 1 aromatic carbocycles. The van der Waals surface area contributed by atoms with Crippen LogP contribution in [0.3, 0.4) is 0 Å². The van der Waals surface area contributed by atoms with E-state index in [1.165, 1.54) is 6.42 Å². The lowest BCUT2D eigenvalue weighted by Crippen LogP contribution is -2.30. The molecule has 0 atom stereocenters. The summed E-state index contributed by atoms with van der Waals surface area (Å²) in [7, 11) is 0. The Kier molecular flexibility index (Phi) is 4.98. The maximum Gasteiger partial charge on any atom is 0.276 e. The number of hydrogen-bond donors (Lipinski definition) is 1. The molecule has 3 rings (SSSR count). The summed E-state index contributed by atoms with van der Waals surface area (Å²) in [5.41, 5.74) is 0.688. The second-order valence-electron chi connectivity index (χ2n) is 5.40. The van der Waals surface area contributed by atoms with Crippen LogP contribution in [-0.4, -0.2) is 29.2 Å². The highest BCUT2D eigenvalue weighted by Crippen LogP contribution is 2.25. The van der Waals surface area contributed by atoms with Gasteiger partial charge in [-0.3, -0.25) is 4.79 Å². The van der Waals surface area contributed by atoms with Crippen LogP contribution < -0.4 is 10.2 Å². The van der Waals surface area contributed by atoms with Crippen LogP contribution in [0.25, 0.3) is 0 Å². The van der Waals surface area contributed by atoms with E-state index in [2.05, 4.69) is 20.4 Å². The highest BCUT2D eigenvalue weighted by molar-refractivity contribution is 6.35. The van der Waals surface area contributed by atoms with Gasteiger partial charge in [0.1, 0.15) is 0 Å². The molecule has 120 valence electrons. The largest absolute Gasteiger partial charge is 0.355 e. The Morgan fingerprint density at radius 2 is 1.83 bits per heavy atom. The molecular weight excluding hydrogens is 335 g/mol. The zero-order valence-corrected chi connectivity index (χ0v) is 13.9. The number of nitrogens with zero attached hydrogens (tertiary/aromatic N) is 3. The molecule has 1 aliphatic rings. The van der Waals surface area contributed by atoms with Gasteiger partial charge in [0.05, 0.1) is 10.7 Å². The molecule has 2 aromatic rings. The molecule has 7 heteroatoms. The Hall–Kier alpha value is -1.85. The van der Waals surface area contributed by atoms with Crippen molar-refractivity contribution in [2.24, 2.45) is 0 Å². The molecule has 1 fully saturated rings. The summed E-state index contributed by atoms with van der Waals surface area (Å²) >= 11 is 11.9. The van der Waals surface area contributed by atoms with Crippen molar-refractivity contribution in [3.8, 4) is 0 Å². The van der Waals surface area contributed by atoms with E-state index in [1.54, 1.807) is 24.3 Å². The van der Waals surface area contributed by atoms with Gasteiger partial charge in [-0.15, -0.1) is 10.2 Å². The number of nitrogens with one attached hydrogen (secondary N) is 1. The lowest BCUT2D eigenvalue weighted by atomic mass is 10.1. The summed E-state index contributed by atoms with van der Waals surface area (Å²) in [5.74, 6) is 0.439. The molecule has 1 aliphatic heterocycles. The molecule has 1 saturated heterocycles. The second-order valence-corrected chi connectivity index (χ2v) is 6.25. The number of halogens is 2. The Morgan fingerprint density at radius 3 is 2.52 bits per heavy atom. The van der Waals surface area contributed by atoms with Crippen molar-refractivity contribution in [1.29, 1.82) is 0 Å². The van der Waals surface area contributed by atoms with E-state index >= 15 is 0 Å². The van der Waals surface area contributed by atoms with Gasteiger partial charge in [-0.2, -0.15) is 0 Å². The van der Waals surface area contributed by atoms with Gasteiger partial charge in [-0.05, 0) is 49.6 Å². The normalized spacial score (nSPS) is 14.6. The predicted molar refractivity (Wildman–Crippen MR) is 92.5 cm³/mol. The van der Waals surface area contributed by atoms with Crippen LogP contribution in [0.1, 0.15) is 29.8 Å². The lowest BCUT2D eigenvalue weighted by Gasteiger charge is -2.27. The van der Waals surface area contributed by atoms with Gasteiger partial charge in [0.15, 0.2) is 11.5 Å². The van der Waals surface area contributed by atoms with Crippen LogP contribution in [0.2, 0.25) is 10.0 Å². The Bertz CT molecular complexity index is 700. The quantitative estimate of drug-likeness (QED) is 0.907. The van der Waals surface area contributed by atoms with Crippen LogP contribution in [0.15, 0.2) is 30.3 Å². The topological polar surface area (TPSA) is 58.1 Å². The third kappa shape index (κ3) is 3.92. The van der Waals surface area contributed by atoms with Crippen molar-refractivity contribution in [1.82, 2.24) is 10.2 Å². The van der Waals surface area contributed by atoms with Gasteiger partial charge in [0, 0.05) is 18.1 Å². The van der Waals surface area contributed by atoms with Crippen molar-refractivity contribution in [2.75, 3.05) is 23.3 Å². The molecule has 1 N–H and O–H groups in total. The number of benzene rings is 1. The number of hydrogen-bond acceptors (Lipinski definition) is 4. The fourth-order valence-corrected chi connectivity index (χ4v) is 2.85. The van der Waals surface area contributed by atoms with Gasteiger partial charge in [0.25, 0.3) is 5.91 Å². The second kappa shape index (κ2) is 7.15.